The van der Waals surface area contributed by atoms with Gasteiger partial charge in [-0.25, -0.2) is 4.98 Å². The van der Waals surface area contributed by atoms with Crippen LogP contribution in [-0.2, 0) is 6.42 Å². The van der Waals surface area contributed by atoms with Crippen LogP contribution in [0.5, 0.6) is 5.88 Å². The van der Waals surface area contributed by atoms with Crippen LogP contribution in [0.3, 0.4) is 0 Å². The second-order valence-corrected chi connectivity index (χ2v) is 6.24. The van der Waals surface area contributed by atoms with E-state index in [1.54, 1.807) is 0 Å². The maximum atomic E-state index is 12.5. The van der Waals surface area contributed by atoms with Crippen LogP contribution in [0.1, 0.15) is 29.4 Å². The highest BCUT2D eigenvalue weighted by molar-refractivity contribution is 5.54. The van der Waals surface area contributed by atoms with E-state index in [2.05, 4.69) is 20.0 Å². The molecular weight excluding hydrogens is 365 g/mol. The zero-order valence-corrected chi connectivity index (χ0v) is 14.4. The number of nitrogens with zero attached hydrogens (tertiary/aromatic N) is 3. The van der Waals surface area contributed by atoms with E-state index in [4.69, 9.17) is 0 Å². The van der Waals surface area contributed by atoms with Gasteiger partial charge >= 0.3 is 11.9 Å². The van der Waals surface area contributed by atoms with Gasteiger partial charge in [0.2, 0.25) is 0 Å². The summed E-state index contributed by atoms with van der Waals surface area (Å²) in [5.41, 5.74) is 1.48. The summed E-state index contributed by atoms with van der Waals surface area (Å²) in [5.74, 6) is -0.899. The van der Waals surface area contributed by atoms with Gasteiger partial charge in [0.1, 0.15) is 11.5 Å². The van der Waals surface area contributed by atoms with Gasteiger partial charge in [-0.2, -0.15) is 18.2 Å². The molecule has 3 rings (SSSR count). The number of nitro groups is 1. The molecule has 10 heteroatoms. The molecule has 7 nitrogen and oxygen atoms in total. The molecule has 1 aliphatic rings. The molecule has 0 aliphatic carbocycles. The topological polar surface area (TPSA) is 90.2 Å². The molecule has 0 saturated carbocycles. The van der Waals surface area contributed by atoms with Gasteiger partial charge in [0.15, 0.2) is 6.61 Å². The fourth-order valence-electron chi connectivity index (χ4n) is 3.08. The molecule has 0 fully saturated rings. The van der Waals surface area contributed by atoms with Gasteiger partial charge < -0.3 is 10.1 Å². The second-order valence-electron chi connectivity index (χ2n) is 6.24. The number of anilines is 1. The van der Waals surface area contributed by atoms with Crippen LogP contribution in [0.25, 0.3) is 0 Å². The zero-order valence-electron chi connectivity index (χ0n) is 14.4. The van der Waals surface area contributed by atoms with Crippen molar-refractivity contribution >= 4 is 11.4 Å². The number of para-hydroxylation sites is 1. The lowest BCUT2D eigenvalue weighted by Crippen LogP contribution is -2.22. The van der Waals surface area contributed by atoms with E-state index < -0.39 is 29.3 Å². The number of aromatic nitrogens is 2. The third-order valence-corrected chi connectivity index (χ3v) is 4.25. The van der Waals surface area contributed by atoms with Crippen molar-refractivity contribution < 1.29 is 22.8 Å². The first-order valence-electron chi connectivity index (χ1n) is 8.29. The highest BCUT2D eigenvalue weighted by Crippen LogP contribution is 2.37. The lowest BCUT2D eigenvalue weighted by molar-refractivity contribution is -0.387. The third-order valence-electron chi connectivity index (χ3n) is 4.25. The number of nitrogens with one attached hydrogen (secondary N) is 1. The van der Waals surface area contributed by atoms with Crippen molar-refractivity contribution in [2.24, 2.45) is 0 Å². The predicted molar refractivity (Wildman–Crippen MR) is 91.0 cm³/mol. The molecule has 1 aliphatic heterocycles. The molecule has 0 saturated heterocycles. The van der Waals surface area contributed by atoms with E-state index in [-0.39, 0.29) is 17.4 Å². The fourth-order valence-corrected chi connectivity index (χ4v) is 3.08. The summed E-state index contributed by atoms with van der Waals surface area (Å²) >= 11 is 0. The standard InChI is InChI=1S/C17H17F3N4O3/c1-10-22-14(12-7-6-11-4-2-3-5-13(11)21-8-12)15(24(25)26)16(23-10)27-9-17(18,19)20/h2-5,12,21H,6-9H2,1H3. The maximum absolute atomic E-state index is 12.5. The van der Waals surface area contributed by atoms with Gasteiger partial charge in [0, 0.05) is 18.2 Å². The molecule has 0 amide bonds. The summed E-state index contributed by atoms with van der Waals surface area (Å²) in [6.45, 7) is 0.178. The maximum Gasteiger partial charge on any atom is 0.422 e. The molecule has 1 aromatic carbocycles. The van der Waals surface area contributed by atoms with E-state index in [0.717, 1.165) is 11.3 Å². The quantitative estimate of drug-likeness (QED) is 0.639. The molecule has 0 bridgehead atoms. The van der Waals surface area contributed by atoms with Crippen molar-refractivity contribution in [3.63, 3.8) is 0 Å². The first-order chi connectivity index (χ1) is 12.7. The smallest absolute Gasteiger partial charge is 0.422 e. The van der Waals surface area contributed by atoms with Crippen LogP contribution in [-0.4, -0.2) is 34.2 Å². The number of rotatable bonds is 4. The summed E-state index contributed by atoms with van der Waals surface area (Å²) in [6, 6.07) is 7.66. The van der Waals surface area contributed by atoms with Gasteiger partial charge in [-0.1, -0.05) is 18.2 Å². The molecule has 0 spiro atoms. The van der Waals surface area contributed by atoms with Crippen LogP contribution < -0.4 is 10.1 Å². The van der Waals surface area contributed by atoms with Gasteiger partial charge in [-0.05, 0) is 31.4 Å². The summed E-state index contributed by atoms with van der Waals surface area (Å²) in [4.78, 5) is 18.7. The van der Waals surface area contributed by atoms with Crippen LogP contribution in [0.4, 0.5) is 24.5 Å². The lowest BCUT2D eigenvalue weighted by atomic mass is 9.96. The monoisotopic (exact) mass is 382 g/mol. The van der Waals surface area contributed by atoms with E-state index in [0.29, 0.717) is 19.4 Å². The van der Waals surface area contributed by atoms with Crippen molar-refractivity contribution in [3.8, 4) is 5.88 Å². The van der Waals surface area contributed by atoms with Crippen molar-refractivity contribution in [2.45, 2.75) is 31.9 Å². The predicted octanol–water partition coefficient (Wildman–Crippen LogP) is 3.78. The Morgan fingerprint density at radius 2 is 2.07 bits per heavy atom. The molecule has 0 radical (unpaired) electrons. The number of hydrogen-bond acceptors (Lipinski definition) is 6. The first-order valence-corrected chi connectivity index (χ1v) is 8.29. The Balaban J connectivity index is 1.95. The van der Waals surface area contributed by atoms with Gasteiger partial charge in [-0.15, -0.1) is 0 Å². The molecular formula is C17H17F3N4O3. The van der Waals surface area contributed by atoms with E-state index in [1.807, 2.05) is 24.3 Å². The van der Waals surface area contributed by atoms with E-state index >= 15 is 0 Å². The number of alkyl halides is 3. The minimum Gasteiger partial charge on any atom is -0.463 e. The zero-order chi connectivity index (χ0) is 19.6. The summed E-state index contributed by atoms with van der Waals surface area (Å²) < 4.78 is 42.1. The van der Waals surface area contributed by atoms with Crippen LogP contribution in [0.2, 0.25) is 0 Å². The number of fused-ring (bicyclic) bond motifs is 1. The Morgan fingerprint density at radius 1 is 1.33 bits per heavy atom. The van der Waals surface area contributed by atoms with E-state index in [1.165, 1.54) is 6.92 Å². The second kappa shape index (κ2) is 7.37. The average Bonchev–Trinajstić information content (AvgIpc) is 2.81. The molecule has 1 unspecified atom stereocenters. The number of halogens is 3. The van der Waals surface area contributed by atoms with Crippen LogP contribution in [0.15, 0.2) is 24.3 Å². The molecule has 1 N–H and O–H groups in total. The third kappa shape index (κ3) is 4.44. The molecule has 144 valence electrons. The molecule has 27 heavy (non-hydrogen) atoms. The minimum absolute atomic E-state index is 0.0879. The van der Waals surface area contributed by atoms with E-state index in [9.17, 15) is 23.3 Å². The Hall–Kier alpha value is -2.91. The van der Waals surface area contributed by atoms with Crippen molar-refractivity contribution in [1.29, 1.82) is 0 Å². The molecule has 1 atom stereocenters. The number of ether oxygens (including phenoxy) is 1. The van der Waals surface area contributed by atoms with Crippen LogP contribution >= 0.6 is 0 Å². The number of hydrogen-bond donors (Lipinski definition) is 1. The van der Waals surface area contributed by atoms with Crippen molar-refractivity contribution in [2.75, 3.05) is 18.5 Å². The Labute approximate surface area is 152 Å². The summed E-state index contributed by atoms with van der Waals surface area (Å²) in [6.07, 6.45) is -3.41. The van der Waals surface area contributed by atoms with Gasteiger partial charge in [-0.3, -0.25) is 10.1 Å². The highest BCUT2D eigenvalue weighted by Gasteiger charge is 2.35. The molecule has 2 heterocycles. The van der Waals surface area contributed by atoms with Gasteiger partial charge in [0.05, 0.1) is 4.92 Å². The van der Waals surface area contributed by atoms with Crippen molar-refractivity contribution in [3.05, 3.63) is 51.5 Å². The largest absolute Gasteiger partial charge is 0.463 e. The van der Waals surface area contributed by atoms with Crippen molar-refractivity contribution in [1.82, 2.24) is 9.97 Å². The Bertz CT molecular complexity index is 831. The van der Waals surface area contributed by atoms with Gasteiger partial charge in [0.25, 0.3) is 5.88 Å². The van der Waals surface area contributed by atoms with Crippen LogP contribution in [0, 0.1) is 17.0 Å². The highest BCUT2D eigenvalue weighted by atomic mass is 19.4. The first kappa shape index (κ1) is 18.9. The molecule has 1 aromatic heterocycles. The normalized spacial score (nSPS) is 16.8. The number of benzene rings is 1. The average molecular weight is 382 g/mol. The Kier molecular flexibility index (Phi) is 5.15. The molecule has 2 aromatic rings. The number of aryl methyl sites for hydroxylation is 2. The lowest BCUT2D eigenvalue weighted by Gasteiger charge is -2.16. The Morgan fingerprint density at radius 3 is 2.78 bits per heavy atom. The summed E-state index contributed by atoms with van der Waals surface area (Å²) in [7, 11) is 0. The fraction of sp³-hybridized carbons (Fsp3) is 0.412. The minimum atomic E-state index is -4.63. The summed E-state index contributed by atoms with van der Waals surface area (Å²) in [5, 5.41) is 14.8. The SMILES string of the molecule is Cc1nc(OCC(F)(F)F)c([N+](=O)[O-])c(C2CCc3ccccc3NC2)n1.